The van der Waals surface area contributed by atoms with E-state index in [9.17, 15) is 0 Å². The third-order valence-corrected chi connectivity index (χ3v) is 1.75. The highest BCUT2D eigenvalue weighted by Gasteiger charge is 1.92. The van der Waals surface area contributed by atoms with E-state index in [2.05, 4.69) is 24.0 Å². The van der Waals surface area contributed by atoms with Crippen molar-refractivity contribution in [3.63, 3.8) is 0 Å². The molecule has 0 aromatic carbocycles. The summed E-state index contributed by atoms with van der Waals surface area (Å²) in [7, 11) is 0. The first-order valence-corrected chi connectivity index (χ1v) is 4.84. The van der Waals surface area contributed by atoms with Gasteiger partial charge in [-0.2, -0.15) is 0 Å². The average molecular weight is 192 g/mol. The molecule has 0 aliphatic rings. The van der Waals surface area contributed by atoms with Gasteiger partial charge in [0.05, 0.1) is 6.21 Å². The number of nitrogens with zero attached hydrogens (tertiary/aromatic N) is 2. The number of pyridine rings is 1. The lowest BCUT2D eigenvalue weighted by Gasteiger charge is -2.01. The fraction of sp³-hybridized carbons (Fsp3) is 0.455. The Labute approximate surface area is 84.8 Å². The van der Waals surface area contributed by atoms with Gasteiger partial charge in [0.2, 0.25) is 0 Å². The third-order valence-electron chi connectivity index (χ3n) is 1.75. The average Bonchev–Trinajstić information content (AvgIpc) is 2.18. The predicted molar refractivity (Wildman–Crippen MR) is 57.2 cm³/mol. The van der Waals surface area contributed by atoms with Crippen LogP contribution in [0.4, 0.5) is 0 Å². The zero-order valence-corrected chi connectivity index (χ0v) is 8.68. The van der Waals surface area contributed by atoms with E-state index in [0.29, 0.717) is 12.5 Å². The molecular weight excluding hydrogens is 176 g/mol. The summed E-state index contributed by atoms with van der Waals surface area (Å²) in [5.74, 6) is 0.656. The van der Waals surface area contributed by atoms with Crippen molar-refractivity contribution < 1.29 is 4.84 Å². The largest absolute Gasteiger partial charge is 0.396 e. The standard InChI is InChI=1S/C11H16N2O/c1-10(2)5-7-14-13-9-11-4-3-6-12-8-11/h3-4,6,8-10H,5,7H2,1-2H3. The Hall–Kier alpha value is -1.38. The monoisotopic (exact) mass is 192 g/mol. The van der Waals surface area contributed by atoms with E-state index in [1.54, 1.807) is 18.6 Å². The molecule has 76 valence electrons. The molecule has 0 aliphatic heterocycles. The molecule has 0 aliphatic carbocycles. The lowest BCUT2D eigenvalue weighted by atomic mass is 10.1. The molecular formula is C11H16N2O. The molecule has 1 rings (SSSR count). The Morgan fingerprint density at radius 2 is 2.43 bits per heavy atom. The van der Waals surface area contributed by atoms with Crippen molar-refractivity contribution >= 4 is 6.21 Å². The molecule has 0 atom stereocenters. The molecule has 0 saturated carbocycles. The van der Waals surface area contributed by atoms with Crippen LogP contribution >= 0.6 is 0 Å². The number of rotatable bonds is 5. The summed E-state index contributed by atoms with van der Waals surface area (Å²) in [6.45, 7) is 5.00. The number of hydrogen-bond acceptors (Lipinski definition) is 3. The van der Waals surface area contributed by atoms with Crippen molar-refractivity contribution in [2.24, 2.45) is 11.1 Å². The highest BCUT2D eigenvalue weighted by Crippen LogP contribution is 1.99. The minimum atomic E-state index is 0.656. The summed E-state index contributed by atoms with van der Waals surface area (Å²) in [5.41, 5.74) is 0.956. The van der Waals surface area contributed by atoms with Gasteiger partial charge in [0.25, 0.3) is 0 Å². The predicted octanol–water partition coefficient (Wildman–Crippen LogP) is 2.48. The first-order chi connectivity index (χ1) is 6.79. The fourth-order valence-corrected chi connectivity index (χ4v) is 0.892. The van der Waals surface area contributed by atoms with E-state index < -0.39 is 0 Å². The first-order valence-electron chi connectivity index (χ1n) is 4.84. The lowest BCUT2D eigenvalue weighted by molar-refractivity contribution is 0.134. The molecule has 0 bridgehead atoms. The molecule has 3 nitrogen and oxygen atoms in total. The normalized spacial score (nSPS) is 11.1. The Bertz CT molecular complexity index is 270. The Kier molecular flexibility index (Phi) is 4.69. The maximum atomic E-state index is 5.09. The number of aromatic nitrogens is 1. The fourth-order valence-electron chi connectivity index (χ4n) is 0.892. The van der Waals surface area contributed by atoms with Crippen molar-refractivity contribution in [2.45, 2.75) is 20.3 Å². The van der Waals surface area contributed by atoms with Crippen molar-refractivity contribution in [3.8, 4) is 0 Å². The SMILES string of the molecule is CC(C)CCON=Cc1cccnc1. The summed E-state index contributed by atoms with van der Waals surface area (Å²) in [6.07, 6.45) is 6.18. The van der Waals surface area contributed by atoms with Gasteiger partial charge in [-0.15, -0.1) is 0 Å². The van der Waals surface area contributed by atoms with Gasteiger partial charge in [-0.05, 0) is 18.4 Å². The summed E-state index contributed by atoms with van der Waals surface area (Å²) < 4.78 is 0. The molecule has 0 unspecified atom stereocenters. The molecule has 0 N–H and O–H groups in total. The van der Waals surface area contributed by atoms with Crippen LogP contribution in [0.15, 0.2) is 29.7 Å². The summed E-state index contributed by atoms with van der Waals surface area (Å²) >= 11 is 0. The van der Waals surface area contributed by atoms with Crippen LogP contribution in [-0.2, 0) is 4.84 Å². The van der Waals surface area contributed by atoms with Crippen LogP contribution in [0, 0.1) is 5.92 Å². The van der Waals surface area contributed by atoms with Crippen LogP contribution in [-0.4, -0.2) is 17.8 Å². The Morgan fingerprint density at radius 3 is 3.07 bits per heavy atom. The van der Waals surface area contributed by atoms with Gasteiger partial charge in [-0.1, -0.05) is 25.1 Å². The molecule has 1 aromatic rings. The Balaban J connectivity index is 2.21. The van der Waals surface area contributed by atoms with E-state index in [1.165, 1.54) is 0 Å². The topological polar surface area (TPSA) is 34.5 Å². The molecule has 1 heterocycles. The zero-order chi connectivity index (χ0) is 10.2. The van der Waals surface area contributed by atoms with Crippen molar-refractivity contribution in [3.05, 3.63) is 30.1 Å². The van der Waals surface area contributed by atoms with Crippen molar-refractivity contribution in [1.82, 2.24) is 4.98 Å². The quantitative estimate of drug-likeness (QED) is 0.408. The summed E-state index contributed by atoms with van der Waals surface area (Å²) in [5, 5.41) is 3.85. The van der Waals surface area contributed by atoms with Crippen molar-refractivity contribution in [1.29, 1.82) is 0 Å². The minimum absolute atomic E-state index is 0.656. The van der Waals surface area contributed by atoms with Crippen LogP contribution < -0.4 is 0 Å². The van der Waals surface area contributed by atoms with Crippen LogP contribution in [0.5, 0.6) is 0 Å². The third kappa shape index (κ3) is 4.60. The molecule has 3 heteroatoms. The minimum Gasteiger partial charge on any atom is -0.396 e. The maximum absolute atomic E-state index is 5.09. The first kappa shape index (κ1) is 10.7. The van der Waals surface area contributed by atoms with Crippen LogP contribution in [0.3, 0.4) is 0 Å². The van der Waals surface area contributed by atoms with E-state index >= 15 is 0 Å². The van der Waals surface area contributed by atoms with Gasteiger partial charge in [0.15, 0.2) is 0 Å². The Morgan fingerprint density at radius 1 is 1.57 bits per heavy atom. The van der Waals surface area contributed by atoms with Crippen molar-refractivity contribution in [2.75, 3.05) is 6.61 Å². The van der Waals surface area contributed by atoms with Gasteiger partial charge < -0.3 is 4.84 Å². The van der Waals surface area contributed by atoms with Gasteiger partial charge in [-0.3, -0.25) is 4.98 Å². The van der Waals surface area contributed by atoms with E-state index in [-0.39, 0.29) is 0 Å². The van der Waals surface area contributed by atoms with Crippen LogP contribution in [0.2, 0.25) is 0 Å². The molecule has 0 amide bonds. The summed E-state index contributed by atoms with van der Waals surface area (Å²) in [6, 6.07) is 3.80. The molecule has 0 fully saturated rings. The van der Waals surface area contributed by atoms with E-state index in [1.807, 2.05) is 12.1 Å². The van der Waals surface area contributed by atoms with Gasteiger partial charge in [0.1, 0.15) is 6.61 Å². The highest BCUT2D eigenvalue weighted by atomic mass is 16.6. The van der Waals surface area contributed by atoms with E-state index in [0.717, 1.165) is 12.0 Å². The molecule has 0 spiro atoms. The van der Waals surface area contributed by atoms with E-state index in [4.69, 9.17) is 4.84 Å². The molecule has 0 saturated heterocycles. The molecule has 14 heavy (non-hydrogen) atoms. The van der Waals surface area contributed by atoms with Crippen LogP contribution in [0.1, 0.15) is 25.8 Å². The van der Waals surface area contributed by atoms with Gasteiger partial charge in [0, 0.05) is 18.0 Å². The number of oxime groups is 1. The van der Waals surface area contributed by atoms with Crippen LogP contribution in [0.25, 0.3) is 0 Å². The maximum Gasteiger partial charge on any atom is 0.117 e. The highest BCUT2D eigenvalue weighted by molar-refractivity contribution is 5.78. The smallest absolute Gasteiger partial charge is 0.117 e. The van der Waals surface area contributed by atoms with Gasteiger partial charge >= 0.3 is 0 Å². The zero-order valence-electron chi connectivity index (χ0n) is 8.68. The lowest BCUT2D eigenvalue weighted by Crippen LogP contribution is -1.94. The second-order valence-electron chi connectivity index (χ2n) is 3.54. The number of hydrogen-bond donors (Lipinski definition) is 0. The molecule has 1 aromatic heterocycles. The van der Waals surface area contributed by atoms with Gasteiger partial charge in [-0.25, -0.2) is 0 Å². The second-order valence-corrected chi connectivity index (χ2v) is 3.54. The summed E-state index contributed by atoms with van der Waals surface area (Å²) in [4.78, 5) is 9.06. The molecule has 0 radical (unpaired) electrons. The second kappa shape index (κ2) is 6.13.